The SMILES string of the molecule is C/C(Cl)=C(\C=C(\F)C(C)Cl)C(=O)NCc1ccc(Oc2ccccc2)cc1. The van der Waals surface area contributed by atoms with Crippen molar-refractivity contribution in [2.24, 2.45) is 0 Å². The maximum Gasteiger partial charge on any atom is 0.252 e. The number of halogens is 3. The number of hydrogen-bond acceptors (Lipinski definition) is 2. The molecule has 2 rings (SSSR count). The van der Waals surface area contributed by atoms with E-state index in [9.17, 15) is 9.18 Å². The second-order valence-electron chi connectivity index (χ2n) is 5.83. The van der Waals surface area contributed by atoms with Crippen LogP contribution in [0.15, 0.2) is 77.1 Å². The number of allylic oxidation sites excluding steroid dienone is 2. The third-order valence-corrected chi connectivity index (χ3v) is 4.05. The zero-order valence-electron chi connectivity index (χ0n) is 15.0. The van der Waals surface area contributed by atoms with Gasteiger partial charge in [-0.3, -0.25) is 4.79 Å². The molecule has 0 saturated heterocycles. The van der Waals surface area contributed by atoms with Crippen molar-refractivity contribution < 1.29 is 13.9 Å². The molecule has 0 saturated carbocycles. The molecule has 6 heteroatoms. The Balaban J connectivity index is 1.98. The van der Waals surface area contributed by atoms with Crippen molar-refractivity contribution in [1.82, 2.24) is 5.32 Å². The van der Waals surface area contributed by atoms with E-state index in [-0.39, 0.29) is 17.2 Å². The van der Waals surface area contributed by atoms with E-state index >= 15 is 0 Å². The number of hydrogen-bond donors (Lipinski definition) is 1. The molecule has 1 atom stereocenters. The molecule has 0 bridgehead atoms. The number of ether oxygens (including phenoxy) is 1. The lowest BCUT2D eigenvalue weighted by molar-refractivity contribution is -0.117. The molecule has 0 aliphatic carbocycles. The molecule has 1 amide bonds. The topological polar surface area (TPSA) is 38.3 Å². The van der Waals surface area contributed by atoms with Gasteiger partial charge in [-0.2, -0.15) is 0 Å². The summed E-state index contributed by atoms with van der Waals surface area (Å²) in [6.07, 6.45) is 1.06. The fourth-order valence-corrected chi connectivity index (χ4v) is 2.36. The first kappa shape index (κ1) is 21.0. The number of para-hydroxylation sites is 1. The summed E-state index contributed by atoms with van der Waals surface area (Å²) in [5.74, 6) is 0.339. The number of carbonyl (C=O) groups excluding carboxylic acids is 1. The summed E-state index contributed by atoms with van der Waals surface area (Å²) in [5, 5.41) is 2.07. The maximum atomic E-state index is 13.7. The summed E-state index contributed by atoms with van der Waals surface area (Å²) in [5.41, 5.74) is 0.913. The van der Waals surface area contributed by atoms with Crippen molar-refractivity contribution in [3.8, 4) is 11.5 Å². The average Bonchev–Trinajstić information content (AvgIpc) is 2.65. The molecule has 2 aromatic carbocycles. The molecule has 0 aromatic heterocycles. The lowest BCUT2D eigenvalue weighted by atomic mass is 10.1. The van der Waals surface area contributed by atoms with E-state index in [2.05, 4.69) is 5.32 Å². The van der Waals surface area contributed by atoms with Crippen LogP contribution in [-0.2, 0) is 11.3 Å². The number of benzene rings is 2. The number of rotatable bonds is 7. The van der Waals surface area contributed by atoms with Gasteiger partial charge in [-0.25, -0.2) is 4.39 Å². The van der Waals surface area contributed by atoms with Gasteiger partial charge in [0.15, 0.2) is 0 Å². The fourth-order valence-electron chi connectivity index (χ4n) is 2.15. The minimum absolute atomic E-state index is 0.0469. The van der Waals surface area contributed by atoms with Crippen molar-refractivity contribution in [2.45, 2.75) is 25.8 Å². The normalized spacial score (nSPS) is 13.6. The van der Waals surface area contributed by atoms with Crippen molar-refractivity contribution in [2.75, 3.05) is 0 Å². The van der Waals surface area contributed by atoms with Gasteiger partial charge in [0.05, 0.1) is 11.0 Å². The lowest BCUT2D eigenvalue weighted by Gasteiger charge is -2.09. The minimum Gasteiger partial charge on any atom is -0.457 e. The van der Waals surface area contributed by atoms with Gasteiger partial charge >= 0.3 is 0 Å². The Labute approximate surface area is 168 Å². The maximum absolute atomic E-state index is 13.7. The van der Waals surface area contributed by atoms with Gasteiger partial charge < -0.3 is 10.1 Å². The smallest absolute Gasteiger partial charge is 0.252 e. The molecule has 0 aliphatic rings. The quantitative estimate of drug-likeness (QED) is 0.342. The monoisotopic (exact) mass is 407 g/mol. The van der Waals surface area contributed by atoms with Crippen LogP contribution in [0.5, 0.6) is 11.5 Å². The van der Waals surface area contributed by atoms with Crippen LogP contribution < -0.4 is 10.1 Å². The zero-order valence-corrected chi connectivity index (χ0v) is 16.5. The Morgan fingerprint density at radius 3 is 2.30 bits per heavy atom. The first-order valence-corrected chi connectivity index (χ1v) is 9.16. The Morgan fingerprint density at radius 1 is 1.15 bits per heavy atom. The van der Waals surface area contributed by atoms with Crippen molar-refractivity contribution in [3.05, 3.63) is 82.7 Å². The predicted octanol–water partition coefficient (Wildman–Crippen LogP) is 6.09. The largest absolute Gasteiger partial charge is 0.457 e. The lowest BCUT2D eigenvalue weighted by Crippen LogP contribution is -2.24. The Kier molecular flexibility index (Phi) is 7.89. The van der Waals surface area contributed by atoms with E-state index in [4.69, 9.17) is 27.9 Å². The van der Waals surface area contributed by atoms with Gasteiger partial charge in [0.2, 0.25) is 0 Å². The molecular weight excluding hydrogens is 388 g/mol. The van der Waals surface area contributed by atoms with Crippen LogP contribution in [0.3, 0.4) is 0 Å². The molecule has 142 valence electrons. The standard InChI is InChI=1S/C21H20Cl2FNO2/c1-14(22)19(12-20(24)15(2)23)21(26)25-13-16-8-10-18(11-9-16)27-17-6-4-3-5-7-17/h3-12,15H,13H2,1-2H3,(H,25,26)/b19-14-,20-12+. The Morgan fingerprint density at radius 2 is 1.74 bits per heavy atom. The summed E-state index contributed by atoms with van der Waals surface area (Å²) >= 11 is 11.6. The molecule has 3 nitrogen and oxygen atoms in total. The highest BCUT2D eigenvalue weighted by atomic mass is 35.5. The highest BCUT2D eigenvalue weighted by molar-refractivity contribution is 6.32. The third kappa shape index (κ3) is 6.74. The van der Waals surface area contributed by atoms with Gasteiger partial charge in [-0.1, -0.05) is 41.9 Å². The van der Waals surface area contributed by atoms with E-state index < -0.39 is 17.1 Å². The Hall–Kier alpha value is -2.30. The molecule has 0 aliphatic heterocycles. The fraction of sp³-hybridized carbons (Fsp3) is 0.190. The van der Waals surface area contributed by atoms with E-state index in [1.165, 1.54) is 13.8 Å². The third-order valence-electron chi connectivity index (χ3n) is 3.63. The van der Waals surface area contributed by atoms with Gasteiger partial charge in [0, 0.05) is 11.6 Å². The molecule has 0 spiro atoms. The summed E-state index contributed by atoms with van der Waals surface area (Å²) < 4.78 is 19.4. The van der Waals surface area contributed by atoms with Crippen LogP contribution >= 0.6 is 23.2 Å². The molecule has 1 unspecified atom stereocenters. The average molecular weight is 408 g/mol. The second-order valence-corrected chi connectivity index (χ2v) is 7.06. The first-order valence-electron chi connectivity index (χ1n) is 8.34. The summed E-state index contributed by atoms with van der Waals surface area (Å²) in [7, 11) is 0. The number of alkyl halides is 1. The van der Waals surface area contributed by atoms with Gasteiger partial charge in [-0.05, 0) is 49.8 Å². The van der Waals surface area contributed by atoms with Crippen LogP contribution in [0.4, 0.5) is 4.39 Å². The summed E-state index contributed by atoms with van der Waals surface area (Å²) in [6.45, 7) is 3.27. The van der Waals surface area contributed by atoms with Crippen LogP contribution in [0.25, 0.3) is 0 Å². The van der Waals surface area contributed by atoms with Gasteiger partial charge in [0.25, 0.3) is 5.91 Å². The minimum atomic E-state index is -0.832. The second kappa shape index (κ2) is 10.1. The Bertz CT molecular complexity index is 827. The number of amides is 1. The molecule has 1 N–H and O–H groups in total. The molecule has 0 fully saturated rings. The van der Waals surface area contributed by atoms with Crippen molar-refractivity contribution >= 4 is 29.1 Å². The summed E-state index contributed by atoms with van der Waals surface area (Å²) in [4.78, 5) is 12.3. The molecule has 0 radical (unpaired) electrons. The van der Waals surface area contributed by atoms with Gasteiger partial charge in [0.1, 0.15) is 17.3 Å². The predicted molar refractivity (Wildman–Crippen MR) is 108 cm³/mol. The molecule has 0 heterocycles. The van der Waals surface area contributed by atoms with Gasteiger partial charge in [-0.15, -0.1) is 11.6 Å². The van der Waals surface area contributed by atoms with Crippen LogP contribution in [0, 0.1) is 0 Å². The molecule has 27 heavy (non-hydrogen) atoms. The van der Waals surface area contributed by atoms with E-state index in [1.54, 1.807) is 0 Å². The van der Waals surface area contributed by atoms with Crippen molar-refractivity contribution in [1.29, 1.82) is 0 Å². The van der Waals surface area contributed by atoms with Crippen LogP contribution in [0.2, 0.25) is 0 Å². The first-order chi connectivity index (χ1) is 12.9. The highest BCUT2D eigenvalue weighted by Gasteiger charge is 2.13. The zero-order chi connectivity index (χ0) is 19.8. The van der Waals surface area contributed by atoms with E-state index in [0.29, 0.717) is 5.75 Å². The number of nitrogens with one attached hydrogen (secondary N) is 1. The molecule has 2 aromatic rings. The van der Waals surface area contributed by atoms with E-state index in [1.807, 2.05) is 54.6 Å². The van der Waals surface area contributed by atoms with Crippen molar-refractivity contribution in [3.63, 3.8) is 0 Å². The van der Waals surface area contributed by atoms with Crippen LogP contribution in [-0.4, -0.2) is 11.3 Å². The van der Waals surface area contributed by atoms with Crippen LogP contribution in [0.1, 0.15) is 19.4 Å². The number of carbonyl (C=O) groups is 1. The molecular formula is C21H20Cl2FNO2. The van der Waals surface area contributed by atoms with E-state index in [0.717, 1.165) is 17.4 Å². The summed E-state index contributed by atoms with van der Waals surface area (Å²) in [6, 6.07) is 16.7. The highest BCUT2D eigenvalue weighted by Crippen LogP contribution is 2.21.